The fourth-order valence-electron chi connectivity index (χ4n) is 0.942. The van der Waals surface area contributed by atoms with Gasteiger partial charge < -0.3 is 5.32 Å². The van der Waals surface area contributed by atoms with Crippen molar-refractivity contribution in [2.24, 2.45) is 0 Å². The molecule has 1 amide bonds. The van der Waals surface area contributed by atoms with Crippen LogP contribution in [0.5, 0.6) is 0 Å². The number of carbonyl (C=O) groups excluding carboxylic acids is 2. The van der Waals surface area contributed by atoms with Crippen LogP contribution in [0.1, 0.15) is 12.5 Å². The van der Waals surface area contributed by atoms with Gasteiger partial charge in [-0.2, -0.15) is 0 Å². The minimum atomic E-state index is -0.698. The maximum Gasteiger partial charge on any atom is 0.291 e. The highest BCUT2D eigenvalue weighted by Gasteiger charge is 2.07. The number of halogens is 1. The Labute approximate surface area is 80.9 Å². The van der Waals surface area contributed by atoms with Crippen molar-refractivity contribution in [2.75, 3.05) is 5.32 Å². The van der Waals surface area contributed by atoms with Crippen molar-refractivity contribution in [2.45, 2.75) is 13.8 Å². The van der Waals surface area contributed by atoms with Gasteiger partial charge >= 0.3 is 0 Å². The topological polar surface area (TPSA) is 46.2 Å². The molecule has 0 aliphatic rings. The van der Waals surface area contributed by atoms with Crippen molar-refractivity contribution in [3.8, 4) is 0 Å². The van der Waals surface area contributed by atoms with Crippen molar-refractivity contribution in [3.05, 3.63) is 29.6 Å². The Hall–Kier alpha value is -1.71. The minimum Gasteiger partial charge on any atom is -0.319 e. The Balaban J connectivity index is 2.83. The normalized spacial score (nSPS) is 9.64. The van der Waals surface area contributed by atoms with E-state index < -0.39 is 11.7 Å². The third kappa shape index (κ3) is 2.39. The molecule has 1 N–H and O–H groups in total. The molecule has 1 aromatic rings. The number of rotatable bonds is 2. The van der Waals surface area contributed by atoms with Gasteiger partial charge in [0.2, 0.25) is 5.78 Å². The molecular weight excluding hydrogens is 185 g/mol. The molecule has 0 aromatic heterocycles. The molecule has 0 radical (unpaired) electrons. The van der Waals surface area contributed by atoms with E-state index in [-0.39, 0.29) is 5.82 Å². The summed E-state index contributed by atoms with van der Waals surface area (Å²) in [4.78, 5) is 21.6. The Morgan fingerprint density at radius 3 is 2.50 bits per heavy atom. The summed E-state index contributed by atoms with van der Waals surface area (Å²) in [7, 11) is 0. The van der Waals surface area contributed by atoms with E-state index in [1.54, 1.807) is 6.92 Å². The molecular formula is C10H10FNO2. The Morgan fingerprint density at radius 1 is 1.36 bits per heavy atom. The van der Waals surface area contributed by atoms with Crippen molar-refractivity contribution < 1.29 is 14.0 Å². The molecule has 0 unspecified atom stereocenters. The lowest BCUT2D eigenvalue weighted by Gasteiger charge is -2.03. The van der Waals surface area contributed by atoms with Crippen LogP contribution in [0.4, 0.5) is 10.1 Å². The lowest BCUT2D eigenvalue weighted by atomic mass is 10.2. The summed E-state index contributed by atoms with van der Waals surface area (Å²) in [5.74, 6) is -1.62. The summed E-state index contributed by atoms with van der Waals surface area (Å²) in [5.41, 5.74) is 0.843. The molecule has 0 spiro atoms. The highest BCUT2D eigenvalue weighted by atomic mass is 19.1. The molecule has 1 rings (SSSR count). The van der Waals surface area contributed by atoms with Gasteiger partial charge in [-0.05, 0) is 30.7 Å². The number of aryl methyl sites for hydroxylation is 1. The zero-order chi connectivity index (χ0) is 10.7. The van der Waals surface area contributed by atoms with Crippen LogP contribution in [0.3, 0.4) is 0 Å². The predicted octanol–water partition coefficient (Wildman–Crippen LogP) is 1.66. The maximum atomic E-state index is 12.8. The molecule has 0 saturated heterocycles. The molecule has 14 heavy (non-hydrogen) atoms. The van der Waals surface area contributed by atoms with Crippen LogP contribution in [0.15, 0.2) is 18.2 Å². The van der Waals surface area contributed by atoms with Crippen LogP contribution in [0.2, 0.25) is 0 Å². The molecule has 0 aliphatic carbocycles. The van der Waals surface area contributed by atoms with E-state index in [1.165, 1.54) is 25.1 Å². The average molecular weight is 195 g/mol. The van der Waals surface area contributed by atoms with Gasteiger partial charge in [0, 0.05) is 12.6 Å². The standard InChI is InChI=1S/C10H10FNO2/c1-6-5-8(3-4-9(6)11)12-10(14)7(2)13/h3-5H,1-2H3,(H,12,14). The van der Waals surface area contributed by atoms with E-state index >= 15 is 0 Å². The van der Waals surface area contributed by atoms with Crippen LogP contribution < -0.4 is 5.32 Å². The lowest BCUT2D eigenvalue weighted by molar-refractivity contribution is -0.133. The number of benzene rings is 1. The van der Waals surface area contributed by atoms with Gasteiger partial charge in [-0.3, -0.25) is 9.59 Å². The highest BCUT2D eigenvalue weighted by molar-refractivity contribution is 6.39. The smallest absolute Gasteiger partial charge is 0.291 e. The summed E-state index contributed by atoms with van der Waals surface area (Å²) < 4.78 is 12.8. The van der Waals surface area contributed by atoms with Gasteiger partial charge in [0.1, 0.15) is 5.82 Å². The first-order valence-electron chi connectivity index (χ1n) is 4.09. The number of nitrogens with one attached hydrogen (secondary N) is 1. The molecule has 4 heteroatoms. The zero-order valence-corrected chi connectivity index (χ0v) is 7.93. The number of hydrogen-bond donors (Lipinski definition) is 1. The molecule has 0 saturated carbocycles. The van der Waals surface area contributed by atoms with Crippen molar-refractivity contribution in [3.63, 3.8) is 0 Å². The van der Waals surface area contributed by atoms with E-state index in [9.17, 15) is 14.0 Å². The first-order chi connectivity index (χ1) is 6.50. The number of Topliss-reactive ketones (excluding diaryl/α,β-unsaturated/α-hetero) is 1. The van der Waals surface area contributed by atoms with Crippen molar-refractivity contribution in [1.82, 2.24) is 0 Å². The SMILES string of the molecule is CC(=O)C(=O)Nc1ccc(F)c(C)c1. The summed E-state index contributed by atoms with van der Waals surface area (Å²) in [6.45, 7) is 2.75. The van der Waals surface area contributed by atoms with Gasteiger partial charge in [-0.25, -0.2) is 4.39 Å². The Morgan fingerprint density at radius 2 is 2.00 bits per heavy atom. The number of carbonyl (C=O) groups is 2. The van der Waals surface area contributed by atoms with Crippen molar-refractivity contribution in [1.29, 1.82) is 0 Å². The van der Waals surface area contributed by atoms with Crippen LogP contribution in [-0.2, 0) is 9.59 Å². The molecule has 74 valence electrons. The third-order valence-electron chi connectivity index (χ3n) is 1.74. The van der Waals surface area contributed by atoms with Gasteiger partial charge in [0.25, 0.3) is 5.91 Å². The molecule has 0 heterocycles. The zero-order valence-electron chi connectivity index (χ0n) is 7.93. The first-order valence-corrected chi connectivity index (χ1v) is 4.09. The Kier molecular flexibility index (Phi) is 2.96. The monoisotopic (exact) mass is 195 g/mol. The van der Waals surface area contributed by atoms with E-state index in [2.05, 4.69) is 5.32 Å². The van der Waals surface area contributed by atoms with Gasteiger partial charge in [-0.1, -0.05) is 0 Å². The van der Waals surface area contributed by atoms with Gasteiger partial charge in [0.15, 0.2) is 0 Å². The van der Waals surface area contributed by atoms with Gasteiger partial charge in [-0.15, -0.1) is 0 Å². The average Bonchev–Trinajstić information content (AvgIpc) is 2.11. The predicted molar refractivity (Wildman–Crippen MR) is 50.4 cm³/mol. The summed E-state index contributed by atoms with van der Waals surface area (Å²) in [6.07, 6.45) is 0. The second-order valence-corrected chi connectivity index (χ2v) is 2.97. The number of anilines is 1. The molecule has 0 atom stereocenters. The number of amides is 1. The molecule has 1 aromatic carbocycles. The molecule has 3 nitrogen and oxygen atoms in total. The fourth-order valence-corrected chi connectivity index (χ4v) is 0.942. The van der Waals surface area contributed by atoms with E-state index in [1.807, 2.05) is 0 Å². The highest BCUT2D eigenvalue weighted by Crippen LogP contribution is 2.13. The quantitative estimate of drug-likeness (QED) is 0.729. The van der Waals surface area contributed by atoms with E-state index in [0.717, 1.165) is 0 Å². The summed E-state index contributed by atoms with van der Waals surface area (Å²) in [6, 6.07) is 4.12. The molecule has 0 bridgehead atoms. The largest absolute Gasteiger partial charge is 0.319 e. The third-order valence-corrected chi connectivity index (χ3v) is 1.74. The van der Waals surface area contributed by atoms with Crippen LogP contribution in [0, 0.1) is 12.7 Å². The van der Waals surface area contributed by atoms with Gasteiger partial charge in [0.05, 0.1) is 0 Å². The second-order valence-electron chi connectivity index (χ2n) is 2.97. The van der Waals surface area contributed by atoms with E-state index in [4.69, 9.17) is 0 Å². The first kappa shape index (κ1) is 10.4. The van der Waals surface area contributed by atoms with Crippen LogP contribution >= 0.6 is 0 Å². The lowest BCUT2D eigenvalue weighted by Crippen LogP contribution is -2.19. The van der Waals surface area contributed by atoms with Crippen LogP contribution in [-0.4, -0.2) is 11.7 Å². The minimum absolute atomic E-state index is 0.342. The Bertz CT molecular complexity index is 388. The number of hydrogen-bond acceptors (Lipinski definition) is 2. The van der Waals surface area contributed by atoms with Crippen molar-refractivity contribution >= 4 is 17.4 Å². The fraction of sp³-hybridized carbons (Fsp3) is 0.200. The molecule has 0 fully saturated rings. The maximum absolute atomic E-state index is 12.8. The summed E-state index contributed by atoms with van der Waals surface area (Å²) >= 11 is 0. The van der Waals surface area contributed by atoms with Crippen LogP contribution in [0.25, 0.3) is 0 Å². The molecule has 0 aliphatic heterocycles. The number of ketones is 1. The summed E-state index contributed by atoms with van der Waals surface area (Å²) in [5, 5.41) is 2.35. The second kappa shape index (κ2) is 4.00. The van der Waals surface area contributed by atoms with E-state index in [0.29, 0.717) is 11.3 Å².